The molecule has 2 aromatic heterocycles. The van der Waals surface area contributed by atoms with E-state index in [1.54, 1.807) is 0 Å². The number of aryl methyl sites for hydroxylation is 1. The number of nitrogens with zero attached hydrogens (tertiary/aromatic N) is 5. The molecule has 0 aromatic carbocycles. The summed E-state index contributed by atoms with van der Waals surface area (Å²) in [6, 6.07) is 0. The molecule has 0 radical (unpaired) electrons. The van der Waals surface area contributed by atoms with Crippen LogP contribution in [0.25, 0.3) is 0 Å². The monoisotopic (exact) mass is 208 g/mol. The Labute approximate surface area is 86.5 Å². The van der Waals surface area contributed by atoms with E-state index in [2.05, 4.69) is 30.2 Å². The summed E-state index contributed by atoms with van der Waals surface area (Å²) < 4.78 is 6.54. The van der Waals surface area contributed by atoms with Crippen LogP contribution >= 0.6 is 0 Å². The van der Waals surface area contributed by atoms with E-state index in [-0.39, 0.29) is 0 Å². The smallest absolute Gasteiger partial charge is 0.213 e. The van der Waals surface area contributed by atoms with Gasteiger partial charge in [0, 0.05) is 7.05 Å². The molecule has 0 amide bonds. The summed E-state index contributed by atoms with van der Waals surface area (Å²) in [6.07, 6.45) is 1.31. The van der Waals surface area contributed by atoms with Crippen molar-refractivity contribution in [3.8, 4) is 0 Å². The Bertz CT molecular complexity index is 420. The van der Waals surface area contributed by atoms with Crippen molar-refractivity contribution in [2.45, 2.75) is 20.0 Å². The molecule has 0 aliphatic carbocycles. The molecule has 7 heteroatoms. The van der Waals surface area contributed by atoms with Gasteiger partial charge in [-0.05, 0) is 6.92 Å². The van der Waals surface area contributed by atoms with Crippen LogP contribution < -0.4 is 5.32 Å². The zero-order chi connectivity index (χ0) is 10.7. The van der Waals surface area contributed by atoms with Gasteiger partial charge >= 0.3 is 0 Å². The third-order valence-electron chi connectivity index (χ3n) is 2.16. The first-order chi connectivity index (χ1) is 7.27. The van der Waals surface area contributed by atoms with Crippen molar-refractivity contribution < 1.29 is 4.52 Å². The Balaban J connectivity index is 1.86. The molecule has 0 atom stereocenters. The molecule has 7 nitrogen and oxygen atoms in total. The molecule has 0 unspecified atom stereocenters. The molecule has 2 rings (SSSR count). The minimum atomic E-state index is 0.558. The fraction of sp³-hybridized carbons (Fsp3) is 0.500. The summed E-state index contributed by atoms with van der Waals surface area (Å²) in [4.78, 5) is 3.89. The first-order valence-electron chi connectivity index (χ1n) is 4.58. The standard InChI is InChI=1S/C8H12N6O/c1-6-11-12-8(14(6)2)4-9-3-7-10-5-15-13-7/h5,9H,3-4H2,1-2H3. The van der Waals surface area contributed by atoms with Gasteiger partial charge in [-0.2, -0.15) is 4.98 Å². The molecule has 0 saturated carbocycles. The van der Waals surface area contributed by atoms with Crippen molar-refractivity contribution in [2.75, 3.05) is 0 Å². The highest BCUT2D eigenvalue weighted by Gasteiger charge is 2.04. The van der Waals surface area contributed by atoms with Gasteiger partial charge in [-0.25, -0.2) is 0 Å². The third-order valence-corrected chi connectivity index (χ3v) is 2.16. The number of hydrogen-bond donors (Lipinski definition) is 1. The van der Waals surface area contributed by atoms with E-state index < -0.39 is 0 Å². The largest absolute Gasteiger partial charge is 0.343 e. The van der Waals surface area contributed by atoms with E-state index in [0.29, 0.717) is 18.9 Å². The van der Waals surface area contributed by atoms with Crippen LogP contribution in [-0.2, 0) is 20.1 Å². The topological polar surface area (TPSA) is 81.7 Å². The van der Waals surface area contributed by atoms with E-state index in [0.717, 1.165) is 11.6 Å². The van der Waals surface area contributed by atoms with Crippen LogP contribution in [0.15, 0.2) is 10.9 Å². The maximum Gasteiger partial charge on any atom is 0.213 e. The van der Waals surface area contributed by atoms with E-state index in [1.807, 2.05) is 18.5 Å². The van der Waals surface area contributed by atoms with E-state index in [1.165, 1.54) is 6.39 Å². The normalized spacial score (nSPS) is 10.8. The van der Waals surface area contributed by atoms with Gasteiger partial charge in [0.1, 0.15) is 11.6 Å². The second-order valence-corrected chi connectivity index (χ2v) is 3.17. The maximum absolute atomic E-state index is 4.61. The lowest BCUT2D eigenvalue weighted by Gasteiger charge is -2.01. The number of hydrogen-bond acceptors (Lipinski definition) is 6. The van der Waals surface area contributed by atoms with Gasteiger partial charge in [-0.15, -0.1) is 10.2 Å². The average Bonchev–Trinajstić information content (AvgIpc) is 2.83. The van der Waals surface area contributed by atoms with Crippen molar-refractivity contribution in [1.82, 2.24) is 30.2 Å². The minimum absolute atomic E-state index is 0.558. The Hall–Kier alpha value is -1.76. The molecule has 0 fully saturated rings. The predicted molar refractivity (Wildman–Crippen MR) is 50.6 cm³/mol. The van der Waals surface area contributed by atoms with Gasteiger partial charge in [0.25, 0.3) is 0 Å². The highest BCUT2D eigenvalue weighted by atomic mass is 16.5. The lowest BCUT2D eigenvalue weighted by Crippen LogP contribution is -2.16. The zero-order valence-electron chi connectivity index (χ0n) is 8.64. The molecular weight excluding hydrogens is 196 g/mol. The Morgan fingerprint density at radius 1 is 1.40 bits per heavy atom. The van der Waals surface area contributed by atoms with Gasteiger partial charge in [0.15, 0.2) is 5.82 Å². The SMILES string of the molecule is Cc1nnc(CNCc2ncon2)n1C. The summed E-state index contributed by atoms with van der Waals surface area (Å²) in [5, 5.41) is 14.8. The molecule has 0 aliphatic heterocycles. The second kappa shape index (κ2) is 4.18. The van der Waals surface area contributed by atoms with Crippen LogP contribution in [0.5, 0.6) is 0 Å². The Morgan fingerprint density at radius 3 is 2.87 bits per heavy atom. The van der Waals surface area contributed by atoms with Crippen LogP contribution in [0.2, 0.25) is 0 Å². The van der Waals surface area contributed by atoms with Gasteiger partial charge in [-0.1, -0.05) is 5.16 Å². The predicted octanol–water partition coefficient (Wildman–Crippen LogP) is -0.204. The molecule has 80 valence electrons. The average molecular weight is 208 g/mol. The molecule has 0 saturated heterocycles. The first-order valence-corrected chi connectivity index (χ1v) is 4.58. The van der Waals surface area contributed by atoms with Gasteiger partial charge in [0.05, 0.1) is 13.1 Å². The Morgan fingerprint density at radius 2 is 2.27 bits per heavy atom. The van der Waals surface area contributed by atoms with Gasteiger partial charge < -0.3 is 14.4 Å². The second-order valence-electron chi connectivity index (χ2n) is 3.17. The number of nitrogens with one attached hydrogen (secondary N) is 1. The first kappa shape index (κ1) is 9.78. The van der Waals surface area contributed by atoms with Gasteiger partial charge in [0.2, 0.25) is 6.39 Å². The van der Waals surface area contributed by atoms with Crippen molar-refractivity contribution in [2.24, 2.45) is 7.05 Å². The molecule has 0 aliphatic rings. The fourth-order valence-corrected chi connectivity index (χ4v) is 1.16. The van der Waals surface area contributed by atoms with E-state index in [9.17, 15) is 0 Å². The molecule has 0 bridgehead atoms. The van der Waals surface area contributed by atoms with E-state index >= 15 is 0 Å². The molecule has 2 heterocycles. The Kier molecular flexibility index (Phi) is 2.72. The van der Waals surface area contributed by atoms with Crippen molar-refractivity contribution in [3.63, 3.8) is 0 Å². The number of rotatable bonds is 4. The third kappa shape index (κ3) is 2.18. The highest BCUT2D eigenvalue weighted by Crippen LogP contribution is 1.97. The number of aromatic nitrogens is 5. The lowest BCUT2D eigenvalue weighted by atomic mass is 10.5. The molecule has 15 heavy (non-hydrogen) atoms. The zero-order valence-corrected chi connectivity index (χ0v) is 8.64. The van der Waals surface area contributed by atoms with Crippen molar-refractivity contribution in [1.29, 1.82) is 0 Å². The molecule has 1 N–H and O–H groups in total. The van der Waals surface area contributed by atoms with Crippen molar-refractivity contribution in [3.05, 3.63) is 23.9 Å². The quantitative estimate of drug-likeness (QED) is 0.749. The highest BCUT2D eigenvalue weighted by molar-refractivity contribution is 4.92. The minimum Gasteiger partial charge on any atom is -0.343 e. The summed E-state index contributed by atoms with van der Waals surface area (Å²) in [5.41, 5.74) is 0. The van der Waals surface area contributed by atoms with E-state index in [4.69, 9.17) is 0 Å². The molecule has 0 spiro atoms. The summed E-state index contributed by atoms with van der Waals surface area (Å²) in [6.45, 7) is 3.10. The molecular formula is C8H12N6O. The van der Waals surface area contributed by atoms with Gasteiger partial charge in [-0.3, -0.25) is 0 Å². The summed E-state index contributed by atoms with van der Waals surface area (Å²) in [5.74, 6) is 2.41. The summed E-state index contributed by atoms with van der Waals surface area (Å²) >= 11 is 0. The lowest BCUT2D eigenvalue weighted by molar-refractivity contribution is 0.407. The van der Waals surface area contributed by atoms with Crippen LogP contribution in [0, 0.1) is 6.92 Å². The summed E-state index contributed by atoms with van der Waals surface area (Å²) in [7, 11) is 1.93. The fourth-order valence-electron chi connectivity index (χ4n) is 1.16. The van der Waals surface area contributed by atoms with Crippen LogP contribution in [-0.4, -0.2) is 24.9 Å². The van der Waals surface area contributed by atoms with Crippen LogP contribution in [0.3, 0.4) is 0 Å². The molecule has 2 aromatic rings. The maximum atomic E-state index is 4.61. The van der Waals surface area contributed by atoms with Crippen LogP contribution in [0.1, 0.15) is 17.5 Å². The van der Waals surface area contributed by atoms with Crippen LogP contribution in [0.4, 0.5) is 0 Å². The van der Waals surface area contributed by atoms with Crippen molar-refractivity contribution >= 4 is 0 Å².